The molecule has 0 radical (unpaired) electrons. The van der Waals surface area contributed by atoms with Crippen molar-refractivity contribution in [2.75, 3.05) is 5.32 Å². The molecule has 19 heavy (non-hydrogen) atoms. The van der Waals surface area contributed by atoms with Gasteiger partial charge in [-0.15, -0.1) is 11.3 Å². The number of nitrogens with zero attached hydrogens (tertiary/aromatic N) is 1. The molecule has 1 saturated carbocycles. The fourth-order valence-electron chi connectivity index (χ4n) is 1.70. The van der Waals surface area contributed by atoms with Crippen LogP contribution in [0.5, 0.6) is 0 Å². The Morgan fingerprint density at radius 1 is 1.42 bits per heavy atom. The molecule has 6 heteroatoms. The summed E-state index contributed by atoms with van der Waals surface area (Å²) < 4.78 is 5.15. The minimum absolute atomic E-state index is 0.0143. The standard InChI is InChI=1S/C13H18N2O3S/c1-7-9(3)19-13(14-7)15-11(16)8(2)18-12(17)10-5-4-6-10/h8,10H,4-6H2,1-3H3,(H,14,15,16). The van der Waals surface area contributed by atoms with Gasteiger partial charge < -0.3 is 4.74 Å². The molecule has 0 aliphatic heterocycles. The van der Waals surface area contributed by atoms with Gasteiger partial charge >= 0.3 is 5.97 Å². The molecule has 0 aromatic carbocycles. The molecule has 0 spiro atoms. The van der Waals surface area contributed by atoms with Gasteiger partial charge in [0.1, 0.15) is 0 Å². The molecule has 1 unspecified atom stereocenters. The Bertz CT molecular complexity index is 475. The summed E-state index contributed by atoms with van der Waals surface area (Å²) in [6.45, 7) is 5.42. The summed E-state index contributed by atoms with van der Waals surface area (Å²) in [7, 11) is 0. The van der Waals surface area contributed by atoms with Crippen molar-refractivity contribution in [1.82, 2.24) is 4.98 Å². The average Bonchev–Trinajstić information content (AvgIpc) is 2.54. The number of hydrogen-bond donors (Lipinski definition) is 1. The fourth-order valence-corrected chi connectivity index (χ4v) is 2.52. The van der Waals surface area contributed by atoms with Crippen LogP contribution in [0, 0.1) is 19.8 Å². The lowest BCUT2D eigenvalue weighted by Crippen LogP contribution is -2.34. The zero-order chi connectivity index (χ0) is 14.0. The molecule has 1 N–H and O–H groups in total. The van der Waals surface area contributed by atoms with Gasteiger partial charge in [0.25, 0.3) is 5.91 Å². The molecule has 1 aliphatic rings. The van der Waals surface area contributed by atoms with E-state index in [1.807, 2.05) is 13.8 Å². The van der Waals surface area contributed by atoms with Gasteiger partial charge in [-0.25, -0.2) is 4.98 Å². The van der Waals surface area contributed by atoms with Crippen LogP contribution in [-0.4, -0.2) is 23.0 Å². The third-order valence-corrected chi connectivity index (χ3v) is 4.35. The van der Waals surface area contributed by atoms with Crippen molar-refractivity contribution >= 4 is 28.3 Å². The summed E-state index contributed by atoms with van der Waals surface area (Å²) in [6, 6.07) is 0. The van der Waals surface area contributed by atoms with E-state index in [0.717, 1.165) is 29.8 Å². The lowest BCUT2D eigenvalue weighted by atomic mass is 9.86. The van der Waals surface area contributed by atoms with Crippen molar-refractivity contribution in [3.05, 3.63) is 10.6 Å². The van der Waals surface area contributed by atoms with Crippen LogP contribution in [0.4, 0.5) is 5.13 Å². The minimum Gasteiger partial charge on any atom is -0.452 e. The normalized spacial score (nSPS) is 16.6. The first-order chi connectivity index (χ1) is 8.97. The van der Waals surface area contributed by atoms with Gasteiger partial charge in [0.05, 0.1) is 11.6 Å². The van der Waals surface area contributed by atoms with Crippen LogP contribution in [0.15, 0.2) is 0 Å². The maximum absolute atomic E-state index is 11.9. The van der Waals surface area contributed by atoms with Crippen LogP contribution in [0.1, 0.15) is 36.8 Å². The van der Waals surface area contributed by atoms with E-state index in [9.17, 15) is 9.59 Å². The molecular formula is C13H18N2O3S. The molecule has 1 amide bonds. The smallest absolute Gasteiger partial charge is 0.309 e. The molecule has 1 aliphatic carbocycles. The largest absolute Gasteiger partial charge is 0.452 e. The van der Waals surface area contributed by atoms with Gasteiger partial charge in [-0.1, -0.05) is 6.42 Å². The third-order valence-electron chi connectivity index (χ3n) is 3.36. The zero-order valence-corrected chi connectivity index (χ0v) is 12.2. The van der Waals surface area contributed by atoms with Crippen LogP contribution < -0.4 is 5.32 Å². The number of carbonyl (C=O) groups excluding carboxylic acids is 2. The predicted octanol–water partition coefficient (Wildman–Crippen LogP) is 2.43. The van der Waals surface area contributed by atoms with Crippen LogP contribution in [0.25, 0.3) is 0 Å². The highest BCUT2D eigenvalue weighted by Gasteiger charge is 2.29. The number of thiazole rings is 1. The summed E-state index contributed by atoms with van der Waals surface area (Å²) in [5, 5.41) is 3.22. The van der Waals surface area contributed by atoms with Crippen molar-refractivity contribution in [1.29, 1.82) is 0 Å². The van der Waals surface area contributed by atoms with Crippen molar-refractivity contribution in [2.24, 2.45) is 5.92 Å². The van der Waals surface area contributed by atoms with Crippen LogP contribution >= 0.6 is 11.3 Å². The number of ether oxygens (including phenoxy) is 1. The van der Waals surface area contributed by atoms with E-state index in [1.165, 1.54) is 11.3 Å². The number of amides is 1. The number of anilines is 1. The summed E-state index contributed by atoms with van der Waals surface area (Å²) in [4.78, 5) is 28.8. The number of rotatable bonds is 4. The summed E-state index contributed by atoms with van der Waals surface area (Å²) >= 11 is 1.42. The second-order valence-corrected chi connectivity index (χ2v) is 6.06. The second kappa shape index (κ2) is 5.69. The molecule has 0 bridgehead atoms. The van der Waals surface area contributed by atoms with Gasteiger partial charge in [0, 0.05) is 4.88 Å². The highest BCUT2D eigenvalue weighted by Crippen LogP contribution is 2.28. The third kappa shape index (κ3) is 3.32. The molecule has 104 valence electrons. The number of esters is 1. The van der Waals surface area contributed by atoms with Gasteiger partial charge in [-0.05, 0) is 33.6 Å². The van der Waals surface area contributed by atoms with Crippen molar-refractivity contribution in [2.45, 2.75) is 46.1 Å². The molecule has 1 atom stereocenters. The van der Waals surface area contributed by atoms with Crippen molar-refractivity contribution in [3.63, 3.8) is 0 Å². The summed E-state index contributed by atoms with van der Waals surface area (Å²) in [5.74, 6) is -0.610. The topological polar surface area (TPSA) is 68.3 Å². The monoisotopic (exact) mass is 282 g/mol. The number of nitrogens with one attached hydrogen (secondary N) is 1. The van der Waals surface area contributed by atoms with E-state index < -0.39 is 6.10 Å². The predicted molar refractivity (Wildman–Crippen MR) is 73.1 cm³/mol. The highest BCUT2D eigenvalue weighted by atomic mass is 32.1. The summed E-state index contributed by atoms with van der Waals surface area (Å²) in [6.07, 6.45) is 2.03. The average molecular weight is 282 g/mol. The van der Waals surface area contributed by atoms with Gasteiger partial charge in [0.2, 0.25) is 0 Å². The Balaban J connectivity index is 1.86. The maximum Gasteiger partial charge on any atom is 0.309 e. The molecule has 5 nitrogen and oxygen atoms in total. The molecular weight excluding hydrogens is 264 g/mol. The van der Waals surface area contributed by atoms with Gasteiger partial charge in [0.15, 0.2) is 11.2 Å². The van der Waals surface area contributed by atoms with E-state index in [-0.39, 0.29) is 17.8 Å². The number of hydrogen-bond acceptors (Lipinski definition) is 5. The quantitative estimate of drug-likeness (QED) is 0.861. The fraction of sp³-hybridized carbons (Fsp3) is 0.615. The minimum atomic E-state index is -0.780. The first-order valence-electron chi connectivity index (χ1n) is 6.42. The first kappa shape index (κ1) is 14.0. The second-order valence-electron chi connectivity index (χ2n) is 4.86. The van der Waals surface area contributed by atoms with E-state index >= 15 is 0 Å². The Kier molecular flexibility index (Phi) is 4.19. The number of aryl methyl sites for hydroxylation is 2. The Morgan fingerprint density at radius 3 is 2.58 bits per heavy atom. The summed E-state index contributed by atoms with van der Waals surface area (Å²) in [5.41, 5.74) is 0.902. The lowest BCUT2D eigenvalue weighted by Gasteiger charge is -2.24. The molecule has 1 fully saturated rings. The Hall–Kier alpha value is -1.43. The van der Waals surface area contributed by atoms with Crippen LogP contribution in [0.2, 0.25) is 0 Å². The van der Waals surface area contributed by atoms with Gasteiger partial charge in [-0.3, -0.25) is 14.9 Å². The molecule has 1 aromatic rings. The number of carbonyl (C=O) groups is 2. The van der Waals surface area contributed by atoms with E-state index in [2.05, 4.69) is 10.3 Å². The van der Waals surface area contributed by atoms with E-state index in [0.29, 0.717) is 5.13 Å². The van der Waals surface area contributed by atoms with Crippen LogP contribution in [0.3, 0.4) is 0 Å². The van der Waals surface area contributed by atoms with E-state index in [4.69, 9.17) is 4.74 Å². The highest BCUT2D eigenvalue weighted by molar-refractivity contribution is 7.15. The molecule has 0 saturated heterocycles. The SMILES string of the molecule is Cc1nc(NC(=O)C(C)OC(=O)C2CCC2)sc1C. The number of aromatic nitrogens is 1. The van der Waals surface area contributed by atoms with Crippen molar-refractivity contribution in [3.8, 4) is 0 Å². The molecule has 1 aromatic heterocycles. The Labute approximate surface area is 116 Å². The maximum atomic E-state index is 11.9. The van der Waals surface area contributed by atoms with Crippen LogP contribution in [-0.2, 0) is 14.3 Å². The molecule has 1 heterocycles. The van der Waals surface area contributed by atoms with Gasteiger partial charge in [-0.2, -0.15) is 0 Å². The molecule has 2 rings (SSSR count). The first-order valence-corrected chi connectivity index (χ1v) is 7.24. The van der Waals surface area contributed by atoms with Crippen molar-refractivity contribution < 1.29 is 14.3 Å². The zero-order valence-electron chi connectivity index (χ0n) is 11.4. The van der Waals surface area contributed by atoms with E-state index in [1.54, 1.807) is 6.92 Å². The Morgan fingerprint density at radius 2 is 2.11 bits per heavy atom. The lowest BCUT2D eigenvalue weighted by molar-refractivity contribution is -0.159.